The van der Waals surface area contributed by atoms with Gasteiger partial charge in [-0.15, -0.1) is 5.10 Å². The van der Waals surface area contributed by atoms with E-state index in [1.807, 2.05) is 47.1 Å². The van der Waals surface area contributed by atoms with Gasteiger partial charge in [-0.05, 0) is 42.2 Å². The molecule has 1 unspecified atom stereocenters. The minimum atomic E-state index is -0.629. The van der Waals surface area contributed by atoms with Crippen molar-refractivity contribution in [3.63, 3.8) is 0 Å². The molecule has 1 aliphatic rings. The van der Waals surface area contributed by atoms with Crippen molar-refractivity contribution in [3.8, 4) is 5.75 Å². The van der Waals surface area contributed by atoms with Crippen LogP contribution in [0.2, 0.25) is 0 Å². The molecule has 2 heterocycles. The third kappa shape index (κ3) is 8.08. The third-order valence-electron chi connectivity index (χ3n) is 5.98. The third-order valence-corrected chi connectivity index (χ3v) is 5.98. The van der Waals surface area contributed by atoms with Gasteiger partial charge in [-0.25, -0.2) is 10.1 Å². The number of aliphatic hydroxyl groups is 1. The molecule has 0 radical (unpaired) electrons. The molecule has 0 bridgehead atoms. The fourth-order valence-corrected chi connectivity index (χ4v) is 3.97. The van der Waals surface area contributed by atoms with Crippen molar-refractivity contribution in [1.82, 2.24) is 25.7 Å². The predicted octanol–water partition coefficient (Wildman–Crippen LogP) is 2.29. The summed E-state index contributed by atoms with van der Waals surface area (Å²) in [5.74, 6) is 1.22. The molecule has 0 saturated heterocycles. The first kappa shape index (κ1) is 26.7. The van der Waals surface area contributed by atoms with E-state index >= 15 is 0 Å². The summed E-state index contributed by atoms with van der Waals surface area (Å²) in [6.07, 6.45) is 1.29. The summed E-state index contributed by atoms with van der Waals surface area (Å²) in [5.41, 5.74) is 7.20. The lowest BCUT2D eigenvalue weighted by Gasteiger charge is -2.14. The number of hydrogen-bond donors (Lipinski definition) is 3. The highest BCUT2D eigenvalue weighted by atomic mass is 16.5. The molecule has 10 nitrogen and oxygen atoms in total. The zero-order valence-corrected chi connectivity index (χ0v) is 21.5. The van der Waals surface area contributed by atoms with Crippen LogP contribution in [-0.4, -0.2) is 70.7 Å². The number of fused-ring (bicyclic) bond motifs is 1. The lowest BCUT2D eigenvalue weighted by atomic mass is 10.0. The number of aliphatic hydroxyl groups excluding tert-OH is 1. The van der Waals surface area contributed by atoms with Crippen molar-refractivity contribution >= 4 is 22.7 Å². The number of benzene rings is 2. The molecule has 1 aliphatic heterocycles. The van der Waals surface area contributed by atoms with E-state index in [0.29, 0.717) is 45.0 Å². The number of amides is 1. The quantitative estimate of drug-likeness (QED) is 0.286. The van der Waals surface area contributed by atoms with Gasteiger partial charge in [-0.2, -0.15) is 5.10 Å². The van der Waals surface area contributed by atoms with Crippen LogP contribution in [0.5, 0.6) is 5.75 Å². The minimum absolute atomic E-state index is 0.0622. The average Bonchev–Trinajstić information content (AvgIpc) is 3.31. The molecule has 0 spiro atoms. The molecule has 3 aromatic rings. The van der Waals surface area contributed by atoms with Crippen LogP contribution in [0.4, 0.5) is 0 Å². The van der Waals surface area contributed by atoms with Crippen molar-refractivity contribution in [2.45, 2.75) is 45.8 Å². The molecule has 2 aromatic carbocycles. The summed E-state index contributed by atoms with van der Waals surface area (Å²) in [6, 6.07) is 13.8. The van der Waals surface area contributed by atoms with Gasteiger partial charge in [-0.3, -0.25) is 4.79 Å². The maximum Gasteiger partial charge on any atom is 0.240 e. The Balaban J connectivity index is 1.15. The van der Waals surface area contributed by atoms with Crippen LogP contribution < -0.4 is 15.5 Å². The largest absolute Gasteiger partial charge is 0.491 e. The number of nitrogens with one attached hydrogen (secondary N) is 2. The smallest absolute Gasteiger partial charge is 0.240 e. The van der Waals surface area contributed by atoms with E-state index in [-0.39, 0.29) is 12.5 Å². The lowest BCUT2D eigenvalue weighted by molar-refractivity contribution is -0.121. The van der Waals surface area contributed by atoms with E-state index in [4.69, 9.17) is 9.47 Å². The Kier molecular flexibility index (Phi) is 9.58. The van der Waals surface area contributed by atoms with Crippen LogP contribution >= 0.6 is 0 Å². The first-order chi connectivity index (χ1) is 18.0. The van der Waals surface area contributed by atoms with Crippen molar-refractivity contribution in [2.24, 2.45) is 11.0 Å². The summed E-state index contributed by atoms with van der Waals surface area (Å²) >= 11 is 0. The van der Waals surface area contributed by atoms with Gasteiger partial charge in [0.1, 0.15) is 24.0 Å². The van der Waals surface area contributed by atoms with E-state index in [2.05, 4.69) is 40.0 Å². The van der Waals surface area contributed by atoms with Gasteiger partial charge in [-0.1, -0.05) is 37.3 Å². The molecule has 37 heavy (non-hydrogen) atoms. The predicted molar refractivity (Wildman–Crippen MR) is 142 cm³/mol. The number of hydrazone groups is 1. The molecule has 0 fully saturated rings. The van der Waals surface area contributed by atoms with E-state index in [1.165, 1.54) is 5.56 Å². The zero-order chi connectivity index (χ0) is 26.0. The molecule has 1 aromatic heterocycles. The minimum Gasteiger partial charge on any atom is -0.491 e. The van der Waals surface area contributed by atoms with Gasteiger partial charge >= 0.3 is 0 Å². The Hall–Kier alpha value is -3.34. The van der Waals surface area contributed by atoms with Gasteiger partial charge in [0.05, 0.1) is 24.4 Å². The monoisotopic (exact) mass is 508 g/mol. The maximum absolute atomic E-state index is 11.3. The highest BCUT2D eigenvalue weighted by Gasteiger charge is 2.15. The lowest BCUT2D eigenvalue weighted by Crippen LogP contribution is -2.33. The van der Waals surface area contributed by atoms with Crippen LogP contribution in [-0.2, 0) is 22.5 Å². The standard InChI is InChI=1S/C27H36N6O4/c1-19(2)17-36-14-11-20-3-6-23(7-4-20)37-18-22(34)16-28-12-13-33-26-9-5-21(15-25(26)30-32-33)24-8-10-27(35)31-29-24/h3-7,9,15,19,22,28,34H,8,10-14,16-18H2,1-2H3,(H,31,35). The van der Waals surface area contributed by atoms with Crippen LogP contribution in [0.1, 0.15) is 37.8 Å². The number of hydrogen-bond acceptors (Lipinski definition) is 8. The summed E-state index contributed by atoms with van der Waals surface area (Å²) in [4.78, 5) is 11.3. The molecule has 0 saturated carbocycles. The maximum atomic E-state index is 11.3. The topological polar surface area (TPSA) is 123 Å². The van der Waals surface area contributed by atoms with Gasteiger partial charge in [0.15, 0.2) is 0 Å². The average molecular weight is 509 g/mol. The number of carbonyl (C=O) groups is 1. The Morgan fingerprint density at radius 2 is 1.97 bits per heavy atom. The molecular weight excluding hydrogens is 472 g/mol. The SMILES string of the molecule is CC(C)COCCc1ccc(OCC(O)CNCCn2nnc3cc(C4=NNC(=O)CC4)ccc32)cc1. The highest BCUT2D eigenvalue weighted by molar-refractivity contribution is 6.05. The molecular formula is C27H36N6O4. The summed E-state index contributed by atoms with van der Waals surface area (Å²) in [6.45, 7) is 7.64. The van der Waals surface area contributed by atoms with Crippen LogP contribution in [0.25, 0.3) is 11.0 Å². The molecule has 198 valence electrons. The van der Waals surface area contributed by atoms with Crippen molar-refractivity contribution in [2.75, 3.05) is 32.9 Å². The fraction of sp³-hybridized carbons (Fsp3) is 0.481. The first-order valence-electron chi connectivity index (χ1n) is 12.8. The second-order valence-corrected chi connectivity index (χ2v) is 9.64. The number of ether oxygens (including phenoxy) is 2. The van der Waals surface area contributed by atoms with Gasteiger partial charge in [0.2, 0.25) is 5.91 Å². The Morgan fingerprint density at radius 3 is 2.73 bits per heavy atom. The van der Waals surface area contributed by atoms with E-state index in [1.54, 1.807) is 0 Å². The van der Waals surface area contributed by atoms with Crippen LogP contribution in [0.15, 0.2) is 47.6 Å². The fourth-order valence-electron chi connectivity index (χ4n) is 3.97. The van der Waals surface area contributed by atoms with Crippen molar-refractivity contribution < 1.29 is 19.4 Å². The molecule has 3 N–H and O–H groups in total. The summed E-state index contributed by atoms with van der Waals surface area (Å²) < 4.78 is 13.2. The first-order valence-corrected chi connectivity index (χ1v) is 12.8. The highest BCUT2D eigenvalue weighted by Crippen LogP contribution is 2.17. The number of rotatable bonds is 14. The van der Waals surface area contributed by atoms with Gasteiger partial charge in [0.25, 0.3) is 0 Å². The van der Waals surface area contributed by atoms with Crippen LogP contribution in [0, 0.1) is 5.92 Å². The number of nitrogens with zero attached hydrogens (tertiary/aromatic N) is 4. The molecule has 10 heteroatoms. The molecule has 1 atom stereocenters. The second kappa shape index (κ2) is 13.3. The van der Waals surface area contributed by atoms with E-state index in [9.17, 15) is 9.90 Å². The Bertz CT molecular complexity index is 1190. The van der Waals surface area contributed by atoms with Crippen molar-refractivity contribution in [1.29, 1.82) is 0 Å². The number of aromatic nitrogens is 3. The van der Waals surface area contributed by atoms with Gasteiger partial charge < -0.3 is 19.9 Å². The Morgan fingerprint density at radius 1 is 1.14 bits per heavy atom. The van der Waals surface area contributed by atoms with Crippen molar-refractivity contribution in [3.05, 3.63) is 53.6 Å². The molecule has 1 amide bonds. The van der Waals surface area contributed by atoms with Crippen LogP contribution in [0.3, 0.4) is 0 Å². The van der Waals surface area contributed by atoms with E-state index < -0.39 is 6.10 Å². The zero-order valence-electron chi connectivity index (χ0n) is 21.5. The Labute approximate surface area is 217 Å². The summed E-state index contributed by atoms with van der Waals surface area (Å²) in [5, 5.41) is 26.2. The number of carbonyl (C=O) groups excluding carboxylic acids is 1. The molecule has 0 aliphatic carbocycles. The van der Waals surface area contributed by atoms with E-state index in [0.717, 1.165) is 41.1 Å². The second-order valence-electron chi connectivity index (χ2n) is 9.64. The van der Waals surface area contributed by atoms with Gasteiger partial charge in [0, 0.05) is 38.1 Å². The summed E-state index contributed by atoms with van der Waals surface area (Å²) in [7, 11) is 0. The normalized spacial score (nSPS) is 14.6. The molecule has 4 rings (SSSR count).